The summed E-state index contributed by atoms with van der Waals surface area (Å²) in [6.07, 6.45) is 8.21. The normalized spacial score (nSPS) is 17.7. The SMILES string of the molecule is CSc1nc(=O)n(C2CCCCCC2)c(=O)n1C. The highest BCUT2D eigenvalue weighted by molar-refractivity contribution is 7.98. The number of rotatable bonds is 2. The van der Waals surface area contributed by atoms with Crippen LogP contribution in [-0.4, -0.2) is 20.4 Å². The second-order valence-electron chi connectivity index (χ2n) is 4.74. The highest BCUT2D eigenvalue weighted by Gasteiger charge is 2.20. The lowest BCUT2D eigenvalue weighted by atomic mass is 10.1. The van der Waals surface area contributed by atoms with E-state index >= 15 is 0 Å². The number of thioether (sulfide) groups is 1. The molecule has 1 heterocycles. The van der Waals surface area contributed by atoms with Crippen LogP contribution < -0.4 is 11.4 Å². The zero-order chi connectivity index (χ0) is 13.1. The van der Waals surface area contributed by atoms with Crippen LogP contribution in [0.2, 0.25) is 0 Å². The molecule has 0 N–H and O–H groups in total. The minimum Gasteiger partial charge on any atom is -0.275 e. The van der Waals surface area contributed by atoms with E-state index in [0.29, 0.717) is 5.16 Å². The van der Waals surface area contributed by atoms with E-state index in [1.165, 1.54) is 33.7 Å². The largest absolute Gasteiger partial charge is 0.354 e. The van der Waals surface area contributed by atoms with Gasteiger partial charge in [-0.2, -0.15) is 4.98 Å². The Bertz CT molecular complexity index is 527. The van der Waals surface area contributed by atoms with Gasteiger partial charge in [-0.05, 0) is 19.1 Å². The summed E-state index contributed by atoms with van der Waals surface area (Å²) in [7, 11) is 1.67. The molecule has 0 aromatic carbocycles. The van der Waals surface area contributed by atoms with Crippen molar-refractivity contribution in [3.8, 4) is 0 Å². The summed E-state index contributed by atoms with van der Waals surface area (Å²) in [4.78, 5) is 28.3. The second-order valence-corrected chi connectivity index (χ2v) is 5.51. The summed E-state index contributed by atoms with van der Waals surface area (Å²) in [5, 5.41) is 0.481. The Morgan fingerprint density at radius 3 is 2.33 bits per heavy atom. The number of hydrogen-bond acceptors (Lipinski definition) is 4. The highest BCUT2D eigenvalue weighted by Crippen LogP contribution is 2.24. The van der Waals surface area contributed by atoms with Crippen LogP contribution in [-0.2, 0) is 7.05 Å². The first-order valence-electron chi connectivity index (χ1n) is 6.38. The fourth-order valence-corrected chi connectivity index (χ4v) is 3.07. The van der Waals surface area contributed by atoms with Crippen LogP contribution in [0.1, 0.15) is 44.6 Å². The van der Waals surface area contributed by atoms with E-state index in [-0.39, 0.29) is 11.7 Å². The molecule has 1 saturated carbocycles. The van der Waals surface area contributed by atoms with Gasteiger partial charge in [0, 0.05) is 13.1 Å². The molecule has 0 atom stereocenters. The third-order valence-corrected chi connectivity index (χ3v) is 4.28. The Kier molecular flexibility index (Phi) is 4.27. The molecule has 0 aliphatic heterocycles. The van der Waals surface area contributed by atoms with Crippen molar-refractivity contribution in [2.45, 2.75) is 49.7 Å². The minimum absolute atomic E-state index is 0.0297. The van der Waals surface area contributed by atoms with Gasteiger partial charge in [-0.3, -0.25) is 4.57 Å². The summed E-state index contributed by atoms with van der Waals surface area (Å²) < 4.78 is 2.82. The Balaban J connectivity index is 2.47. The quantitative estimate of drug-likeness (QED) is 0.604. The highest BCUT2D eigenvalue weighted by atomic mass is 32.2. The molecular weight excluding hydrogens is 250 g/mol. The third-order valence-electron chi connectivity index (χ3n) is 3.55. The zero-order valence-electron chi connectivity index (χ0n) is 10.9. The van der Waals surface area contributed by atoms with E-state index in [1.54, 1.807) is 7.05 Å². The van der Waals surface area contributed by atoms with Gasteiger partial charge in [0.05, 0.1) is 0 Å². The summed E-state index contributed by atoms with van der Waals surface area (Å²) in [6.45, 7) is 0. The molecule has 2 rings (SSSR count). The van der Waals surface area contributed by atoms with Crippen molar-refractivity contribution < 1.29 is 0 Å². The Morgan fingerprint density at radius 1 is 1.17 bits per heavy atom. The maximum atomic E-state index is 12.3. The van der Waals surface area contributed by atoms with E-state index in [4.69, 9.17) is 0 Å². The summed E-state index contributed by atoms with van der Waals surface area (Å²) >= 11 is 1.32. The van der Waals surface area contributed by atoms with Crippen LogP contribution in [0.3, 0.4) is 0 Å². The molecule has 0 amide bonds. The van der Waals surface area contributed by atoms with Gasteiger partial charge in [0.15, 0.2) is 5.16 Å². The lowest BCUT2D eigenvalue weighted by Crippen LogP contribution is -2.43. The molecule has 0 saturated heterocycles. The predicted octanol–water partition coefficient (Wildman–Crippen LogP) is 1.56. The first kappa shape index (κ1) is 13.4. The molecule has 6 heteroatoms. The molecule has 18 heavy (non-hydrogen) atoms. The summed E-state index contributed by atoms with van der Waals surface area (Å²) in [5.74, 6) is 0. The number of aromatic nitrogens is 3. The first-order chi connectivity index (χ1) is 8.65. The van der Waals surface area contributed by atoms with Crippen LogP contribution in [0.4, 0.5) is 0 Å². The van der Waals surface area contributed by atoms with Gasteiger partial charge < -0.3 is 0 Å². The molecule has 0 bridgehead atoms. The average molecular weight is 269 g/mol. The van der Waals surface area contributed by atoms with Gasteiger partial charge in [0.1, 0.15) is 0 Å². The Labute approximate surface area is 110 Å². The van der Waals surface area contributed by atoms with E-state index in [9.17, 15) is 9.59 Å². The summed E-state index contributed by atoms with van der Waals surface area (Å²) in [6, 6.07) is 0.0297. The van der Waals surface area contributed by atoms with Crippen LogP contribution in [0.5, 0.6) is 0 Å². The van der Waals surface area contributed by atoms with E-state index in [0.717, 1.165) is 25.7 Å². The molecule has 0 unspecified atom stereocenters. The fourth-order valence-electron chi connectivity index (χ4n) is 2.55. The van der Waals surface area contributed by atoms with Gasteiger partial charge in [-0.1, -0.05) is 37.4 Å². The van der Waals surface area contributed by atoms with Crippen molar-refractivity contribution >= 4 is 11.8 Å². The zero-order valence-corrected chi connectivity index (χ0v) is 11.7. The van der Waals surface area contributed by atoms with Gasteiger partial charge in [0.2, 0.25) is 0 Å². The molecule has 1 aliphatic rings. The lowest BCUT2D eigenvalue weighted by Gasteiger charge is -2.17. The first-order valence-corrected chi connectivity index (χ1v) is 7.61. The second kappa shape index (κ2) is 5.73. The van der Waals surface area contributed by atoms with Crippen molar-refractivity contribution in [3.63, 3.8) is 0 Å². The summed E-state index contributed by atoms with van der Waals surface area (Å²) in [5.41, 5.74) is -0.624. The van der Waals surface area contributed by atoms with Crippen molar-refractivity contribution in [2.75, 3.05) is 6.26 Å². The molecule has 5 nitrogen and oxygen atoms in total. The lowest BCUT2D eigenvalue weighted by molar-refractivity contribution is 0.385. The molecule has 1 fully saturated rings. The maximum Gasteiger partial charge on any atom is 0.354 e. The van der Waals surface area contributed by atoms with E-state index in [2.05, 4.69) is 4.98 Å². The Morgan fingerprint density at radius 2 is 1.78 bits per heavy atom. The van der Waals surface area contributed by atoms with E-state index in [1.807, 2.05) is 6.26 Å². The standard InChI is InChI=1S/C12H19N3O2S/c1-14-11(18-2)13-10(16)15(12(14)17)9-7-5-3-4-6-8-9/h9H,3-8H2,1-2H3. The van der Waals surface area contributed by atoms with Crippen LogP contribution >= 0.6 is 11.8 Å². The van der Waals surface area contributed by atoms with Gasteiger partial charge in [-0.15, -0.1) is 0 Å². The smallest absolute Gasteiger partial charge is 0.275 e. The monoisotopic (exact) mass is 269 g/mol. The maximum absolute atomic E-state index is 12.3. The van der Waals surface area contributed by atoms with Crippen LogP contribution in [0.25, 0.3) is 0 Å². The van der Waals surface area contributed by atoms with Crippen LogP contribution in [0.15, 0.2) is 14.7 Å². The third kappa shape index (κ3) is 2.53. The van der Waals surface area contributed by atoms with Gasteiger partial charge in [-0.25, -0.2) is 14.2 Å². The average Bonchev–Trinajstić information content (AvgIpc) is 2.63. The fraction of sp³-hybridized carbons (Fsp3) is 0.750. The van der Waals surface area contributed by atoms with Gasteiger partial charge >= 0.3 is 11.4 Å². The van der Waals surface area contributed by atoms with Crippen molar-refractivity contribution in [1.29, 1.82) is 0 Å². The molecule has 1 aromatic rings. The molecule has 1 aromatic heterocycles. The molecule has 0 radical (unpaired) electrons. The molecular formula is C12H19N3O2S. The Hall–Kier alpha value is -1.04. The van der Waals surface area contributed by atoms with Crippen molar-refractivity contribution in [3.05, 3.63) is 21.0 Å². The van der Waals surface area contributed by atoms with Crippen molar-refractivity contribution in [1.82, 2.24) is 14.1 Å². The minimum atomic E-state index is -0.394. The molecule has 1 aliphatic carbocycles. The van der Waals surface area contributed by atoms with Crippen LogP contribution in [0, 0.1) is 0 Å². The van der Waals surface area contributed by atoms with Gasteiger partial charge in [0.25, 0.3) is 0 Å². The molecule has 100 valence electrons. The van der Waals surface area contributed by atoms with E-state index < -0.39 is 5.69 Å². The van der Waals surface area contributed by atoms with Crippen molar-refractivity contribution in [2.24, 2.45) is 7.05 Å². The predicted molar refractivity (Wildman–Crippen MR) is 72.3 cm³/mol. The topological polar surface area (TPSA) is 56.9 Å². The number of nitrogens with zero attached hydrogens (tertiary/aromatic N) is 3. The number of hydrogen-bond donors (Lipinski definition) is 0. The molecule has 0 spiro atoms.